The molecular formula is C27H29N2O7S5-. The van der Waals surface area contributed by atoms with Gasteiger partial charge in [-0.05, 0) is 67.0 Å². The van der Waals surface area contributed by atoms with Gasteiger partial charge in [0.25, 0.3) is 9.84 Å². The maximum atomic E-state index is 11.3. The normalized spacial score (nSPS) is 15.4. The summed E-state index contributed by atoms with van der Waals surface area (Å²) in [5.74, 6) is 0.327. The number of aromatic nitrogens is 1. The molecule has 0 atom stereocenters. The summed E-state index contributed by atoms with van der Waals surface area (Å²) in [6.45, 7) is 6.71. The smallest absolute Gasteiger partial charge is 0.282 e. The third kappa shape index (κ3) is 6.85. The van der Waals surface area contributed by atoms with Gasteiger partial charge in [0.05, 0.1) is 29.9 Å². The molecule has 1 aromatic carbocycles. The highest BCUT2D eigenvalue weighted by atomic mass is 32.2. The van der Waals surface area contributed by atoms with Crippen molar-refractivity contribution < 1.29 is 35.2 Å². The summed E-state index contributed by atoms with van der Waals surface area (Å²) in [5, 5.41) is 4.15. The molecule has 41 heavy (non-hydrogen) atoms. The van der Waals surface area contributed by atoms with Gasteiger partial charge in [-0.1, -0.05) is 29.6 Å². The highest BCUT2D eigenvalue weighted by molar-refractivity contribution is 7.85. The van der Waals surface area contributed by atoms with Crippen LogP contribution in [0.1, 0.15) is 42.3 Å². The van der Waals surface area contributed by atoms with Gasteiger partial charge >= 0.3 is 0 Å². The Kier molecular flexibility index (Phi) is 8.63. The lowest BCUT2D eigenvalue weighted by atomic mass is 10.1. The van der Waals surface area contributed by atoms with Crippen molar-refractivity contribution in [3.05, 3.63) is 57.2 Å². The minimum atomic E-state index is -4.34. The molecule has 1 aliphatic heterocycles. The van der Waals surface area contributed by atoms with Gasteiger partial charge in [0.1, 0.15) is 4.70 Å². The Hall–Kier alpha value is -2.33. The molecule has 0 saturated heterocycles. The molecular weight excluding hydrogens is 625 g/mol. The molecule has 0 amide bonds. The van der Waals surface area contributed by atoms with Crippen LogP contribution in [0.3, 0.4) is 0 Å². The van der Waals surface area contributed by atoms with E-state index in [2.05, 4.69) is 22.1 Å². The van der Waals surface area contributed by atoms with Crippen LogP contribution in [0.15, 0.2) is 41.1 Å². The fourth-order valence-electron chi connectivity index (χ4n) is 4.70. The molecule has 0 radical (unpaired) electrons. The Balaban J connectivity index is 1.53. The maximum absolute atomic E-state index is 11.3. The van der Waals surface area contributed by atoms with Crippen LogP contribution in [0.4, 0.5) is 5.69 Å². The van der Waals surface area contributed by atoms with Gasteiger partial charge in [0.2, 0.25) is 5.88 Å². The average molecular weight is 654 g/mol. The van der Waals surface area contributed by atoms with E-state index in [9.17, 15) is 25.9 Å². The van der Waals surface area contributed by atoms with Gasteiger partial charge in [-0.3, -0.25) is 0 Å². The fraction of sp³-hybridized carbons (Fsp3) is 0.370. The van der Waals surface area contributed by atoms with Crippen LogP contribution in [0.2, 0.25) is 0 Å². The first kappa shape index (κ1) is 30.1. The number of rotatable bonds is 11. The number of benzene rings is 1. The summed E-state index contributed by atoms with van der Waals surface area (Å²) < 4.78 is 78.3. The molecule has 0 unspecified atom stereocenters. The summed E-state index contributed by atoms with van der Waals surface area (Å²) in [7, 11) is -8.65. The number of nitrogens with zero attached hydrogens (tertiary/aromatic N) is 2. The van der Waals surface area contributed by atoms with Gasteiger partial charge in [-0.15, -0.1) is 11.3 Å². The number of hydrogen-bond donors (Lipinski definition) is 0. The van der Waals surface area contributed by atoms with Crippen molar-refractivity contribution in [1.82, 2.24) is 0 Å². The zero-order chi connectivity index (χ0) is 29.5. The average Bonchev–Trinajstić information content (AvgIpc) is 3.61. The summed E-state index contributed by atoms with van der Waals surface area (Å²) in [6, 6.07) is 6.05. The SMILES string of the molecule is CCC(=Cc1sc2c3ccsc3sc2[n+]1CCCS(=O)(=O)[O-])C=C1Oc2cc(C)c(C)cc2N1CCCS(=O)(=O)[O-]. The summed E-state index contributed by atoms with van der Waals surface area (Å²) in [6.07, 6.45) is 5.02. The van der Waals surface area contributed by atoms with Crippen molar-refractivity contribution in [2.75, 3.05) is 23.0 Å². The predicted octanol–water partition coefficient (Wildman–Crippen LogP) is 5.49. The minimum Gasteiger partial charge on any atom is -0.748 e. The Bertz CT molecular complexity index is 1900. The second-order valence-electron chi connectivity index (χ2n) is 9.89. The van der Waals surface area contributed by atoms with Crippen LogP contribution in [0.25, 0.3) is 25.0 Å². The van der Waals surface area contributed by atoms with Crippen LogP contribution >= 0.6 is 34.0 Å². The molecule has 9 nitrogen and oxygen atoms in total. The third-order valence-electron chi connectivity index (χ3n) is 6.90. The minimum absolute atomic E-state index is 0.157. The first-order chi connectivity index (χ1) is 19.3. The third-order valence-corrected chi connectivity index (χ3v) is 12.0. The molecule has 0 N–H and O–H groups in total. The summed E-state index contributed by atoms with van der Waals surface area (Å²) >= 11 is 4.95. The molecule has 0 aliphatic carbocycles. The molecule has 1 aliphatic rings. The predicted molar refractivity (Wildman–Crippen MR) is 164 cm³/mol. The Labute approximate surface area is 251 Å². The number of hydrogen-bond acceptors (Lipinski definition) is 11. The van der Waals surface area contributed by atoms with Crippen LogP contribution in [0, 0.1) is 13.8 Å². The topological polar surface area (TPSA) is 131 Å². The van der Waals surface area contributed by atoms with E-state index in [-0.39, 0.29) is 12.8 Å². The number of allylic oxidation sites excluding steroid dienone is 2. The number of aryl methyl sites for hydroxylation is 3. The summed E-state index contributed by atoms with van der Waals surface area (Å²) in [4.78, 5) is 2.95. The van der Waals surface area contributed by atoms with E-state index >= 15 is 0 Å². The van der Waals surface area contributed by atoms with Gasteiger partial charge in [-0.2, -0.15) is 4.57 Å². The molecule has 0 bridgehead atoms. The second-order valence-corrected chi connectivity index (χ2v) is 16.1. The molecule has 4 aromatic rings. The maximum Gasteiger partial charge on any atom is 0.282 e. The van der Waals surface area contributed by atoms with Gasteiger partial charge < -0.3 is 18.7 Å². The first-order valence-electron chi connectivity index (χ1n) is 13.0. The van der Waals surface area contributed by atoms with E-state index < -0.39 is 31.7 Å². The molecule has 0 saturated carbocycles. The lowest BCUT2D eigenvalue weighted by molar-refractivity contribution is -0.666. The number of anilines is 1. The van der Waals surface area contributed by atoms with Crippen LogP contribution in [0.5, 0.6) is 5.75 Å². The van der Waals surface area contributed by atoms with Crippen LogP contribution in [-0.2, 0) is 26.8 Å². The highest BCUT2D eigenvalue weighted by Gasteiger charge is 2.28. The lowest BCUT2D eigenvalue weighted by Crippen LogP contribution is -2.35. The van der Waals surface area contributed by atoms with Crippen LogP contribution in [-0.4, -0.2) is 44.0 Å². The van der Waals surface area contributed by atoms with Gasteiger partial charge in [0.15, 0.2) is 12.3 Å². The summed E-state index contributed by atoms with van der Waals surface area (Å²) in [5.41, 5.74) is 3.91. The molecule has 0 spiro atoms. The van der Waals surface area contributed by atoms with Gasteiger partial charge in [0, 0.05) is 42.0 Å². The molecule has 3 aromatic heterocycles. The van der Waals surface area contributed by atoms with E-state index in [4.69, 9.17) is 4.74 Å². The van der Waals surface area contributed by atoms with E-state index in [0.717, 1.165) is 36.9 Å². The van der Waals surface area contributed by atoms with Crippen LogP contribution < -0.4 is 14.2 Å². The number of thiazole rings is 1. The zero-order valence-corrected chi connectivity index (χ0v) is 26.8. The largest absolute Gasteiger partial charge is 0.748 e. The number of ether oxygens (including phenoxy) is 1. The van der Waals surface area contributed by atoms with E-state index in [1.165, 1.54) is 9.40 Å². The Morgan fingerprint density at radius 3 is 2.46 bits per heavy atom. The van der Waals surface area contributed by atoms with Crippen molar-refractivity contribution in [1.29, 1.82) is 0 Å². The first-order valence-corrected chi connectivity index (χ1v) is 18.7. The van der Waals surface area contributed by atoms with E-state index in [1.54, 1.807) is 34.0 Å². The fourth-order valence-corrected chi connectivity index (χ4v) is 9.47. The monoisotopic (exact) mass is 653 g/mol. The van der Waals surface area contributed by atoms with Crippen molar-refractivity contribution in [2.45, 2.75) is 46.6 Å². The lowest BCUT2D eigenvalue weighted by Gasteiger charge is -2.19. The molecule has 4 heterocycles. The van der Waals surface area contributed by atoms with Crippen molar-refractivity contribution in [3.8, 4) is 5.75 Å². The Morgan fingerprint density at radius 1 is 1.05 bits per heavy atom. The standard InChI is InChI=1S/C27H30N2O7S5/c1-4-19(15-23-28(8-5-11-40(30,31)32)21-13-17(2)18(3)14-22(21)36-23)16-24-29(9-6-12-41(33,34)35)26-25(38-24)20-7-10-37-27(20)39-26/h7,10,13-16H,4-6,8-9,11-12H2,1-3H3,(H-,30,31,32,33,34,35)/p-1. The quantitative estimate of drug-likeness (QED) is 0.154. The number of fused-ring (bicyclic) bond motifs is 4. The highest BCUT2D eigenvalue weighted by Crippen LogP contribution is 2.42. The van der Waals surface area contributed by atoms with Crippen molar-refractivity contribution in [3.63, 3.8) is 0 Å². The van der Waals surface area contributed by atoms with E-state index in [0.29, 0.717) is 31.1 Å². The Morgan fingerprint density at radius 2 is 1.76 bits per heavy atom. The van der Waals surface area contributed by atoms with Gasteiger partial charge in [-0.25, -0.2) is 16.8 Å². The van der Waals surface area contributed by atoms with Crippen molar-refractivity contribution in [2.24, 2.45) is 0 Å². The van der Waals surface area contributed by atoms with E-state index in [1.807, 2.05) is 43.9 Å². The second kappa shape index (κ2) is 11.7. The number of thiophene rings is 2. The molecule has 220 valence electrons. The molecule has 0 fully saturated rings. The zero-order valence-electron chi connectivity index (χ0n) is 22.7. The molecule has 14 heteroatoms. The molecule has 5 rings (SSSR count). The van der Waals surface area contributed by atoms with Crippen molar-refractivity contribution >= 4 is 84.9 Å².